The maximum Gasteiger partial charge on any atom is 0.266 e. The quantitative estimate of drug-likeness (QED) is 0.296. The van der Waals surface area contributed by atoms with Crippen LogP contribution in [0.25, 0.3) is 17.0 Å². The van der Waals surface area contributed by atoms with Crippen molar-refractivity contribution < 1.29 is 9.59 Å². The molecule has 2 saturated heterocycles. The van der Waals surface area contributed by atoms with Crippen molar-refractivity contribution in [2.24, 2.45) is 0 Å². The molecule has 0 radical (unpaired) electrons. The minimum Gasteiger partial charge on any atom is -0.338 e. The van der Waals surface area contributed by atoms with Gasteiger partial charge in [-0.05, 0) is 62.1 Å². The van der Waals surface area contributed by atoms with Crippen LogP contribution in [-0.4, -0.2) is 48.1 Å². The van der Waals surface area contributed by atoms with Crippen LogP contribution in [0.1, 0.15) is 37.3 Å². The van der Waals surface area contributed by atoms with Crippen LogP contribution in [0.3, 0.4) is 0 Å². The summed E-state index contributed by atoms with van der Waals surface area (Å²) in [5.74, 6) is 0.0179. The first-order chi connectivity index (χ1) is 16.9. The van der Waals surface area contributed by atoms with E-state index in [9.17, 15) is 9.59 Å². The second-order valence-electron chi connectivity index (χ2n) is 8.93. The molecule has 1 aromatic carbocycles. The molecule has 2 aliphatic rings. The van der Waals surface area contributed by atoms with Crippen LogP contribution in [0, 0.1) is 0 Å². The number of pyridine rings is 1. The lowest BCUT2D eigenvalue weighted by Crippen LogP contribution is -2.43. The monoisotopic (exact) mass is 568 g/mol. The van der Waals surface area contributed by atoms with Crippen LogP contribution in [0.15, 0.2) is 58.3 Å². The van der Waals surface area contributed by atoms with Crippen molar-refractivity contribution in [2.75, 3.05) is 6.54 Å². The number of piperidine rings is 1. The SMILES string of the molecule is C[C@H]1CCCCN1C(=O)Cn1cc(/C=C2\SC(=S)N(Cc3cccnc3)C2=O)c2cc(Br)ccc21. The first-order valence-corrected chi connectivity index (χ1v) is 13.6. The van der Waals surface area contributed by atoms with E-state index in [0.29, 0.717) is 15.8 Å². The molecule has 0 bridgehead atoms. The van der Waals surface area contributed by atoms with Crippen molar-refractivity contribution in [2.45, 2.75) is 45.3 Å². The summed E-state index contributed by atoms with van der Waals surface area (Å²) in [7, 11) is 0. The summed E-state index contributed by atoms with van der Waals surface area (Å²) in [6.45, 7) is 3.61. The number of rotatable bonds is 5. The number of carbonyl (C=O) groups excluding carboxylic acids is 2. The normalized spacial score (nSPS) is 19.8. The largest absolute Gasteiger partial charge is 0.338 e. The number of amides is 2. The third kappa shape index (κ3) is 5.08. The van der Waals surface area contributed by atoms with E-state index in [1.54, 1.807) is 17.3 Å². The molecule has 0 saturated carbocycles. The average molecular weight is 570 g/mol. The first-order valence-electron chi connectivity index (χ1n) is 11.6. The van der Waals surface area contributed by atoms with Crippen LogP contribution in [0.2, 0.25) is 0 Å². The van der Waals surface area contributed by atoms with E-state index in [0.717, 1.165) is 45.9 Å². The van der Waals surface area contributed by atoms with Crippen molar-refractivity contribution >= 4 is 73.0 Å². The van der Waals surface area contributed by atoms with Crippen LogP contribution in [0.4, 0.5) is 0 Å². The Morgan fingerprint density at radius 2 is 2.17 bits per heavy atom. The van der Waals surface area contributed by atoms with Gasteiger partial charge in [-0.1, -0.05) is 46.0 Å². The summed E-state index contributed by atoms with van der Waals surface area (Å²) in [5, 5.41) is 0.983. The van der Waals surface area contributed by atoms with Crippen LogP contribution in [-0.2, 0) is 22.7 Å². The van der Waals surface area contributed by atoms with E-state index in [1.807, 2.05) is 52.1 Å². The summed E-state index contributed by atoms with van der Waals surface area (Å²) in [5.41, 5.74) is 2.78. The molecule has 6 nitrogen and oxygen atoms in total. The van der Waals surface area contributed by atoms with Crippen LogP contribution in [0.5, 0.6) is 0 Å². The van der Waals surface area contributed by atoms with Crippen molar-refractivity contribution in [3.63, 3.8) is 0 Å². The molecule has 2 fully saturated rings. The standard InChI is InChI=1S/C26H25BrN4O2S2/c1-17-5-2-3-10-30(17)24(32)16-29-15-19(21-12-20(27)7-8-22(21)29)11-23-25(33)31(26(34)35-23)14-18-6-4-9-28-13-18/h4,6-9,11-13,15,17H,2-3,5,10,14,16H2,1H3/b23-11-/t17-/m0/s1. The molecule has 4 heterocycles. The van der Waals surface area contributed by atoms with E-state index < -0.39 is 0 Å². The Balaban J connectivity index is 1.44. The predicted octanol–water partition coefficient (Wildman–Crippen LogP) is 5.60. The summed E-state index contributed by atoms with van der Waals surface area (Å²) >= 11 is 10.4. The van der Waals surface area contributed by atoms with Gasteiger partial charge in [0.1, 0.15) is 10.9 Å². The Kier molecular flexibility index (Phi) is 7.09. The molecule has 9 heteroatoms. The van der Waals surface area contributed by atoms with Gasteiger partial charge in [0.05, 0.1) is 11.4 Å². The van der Waals surface area contributed by atoms with E-state index in [2.05, 4.69) is 27.8 Å². The van der Waals surface area contributed by atoms with Crippen molar-refractivity contribution in [3.8, 4) is 0 Å². The molecular formula is C26H25BrN4O2S2. The molecule has 180 valence electrons. The second kappa shape index (κ2) is 10.2. The third-order valence-corrected chi connectivity index (χ3v) is 8.40. The minimum absolute atomic E-state index is 0.113. The maximum absolute atomic E-state index is 13.2. The molecule has 35 heavy (non-hydrogen) atoms. The highest BCUT2D eigenvalue weighted by Gasteiger charge is 2.32. The lowest BCUT2D eigenvalue weighted by molar-refractivity contribution is -0.135. The first kappa shape index (κ1) is 24.2. The van der Waals surface area contributed by atoms with Gasteiger partial charge in [-0.3, -0.25) is 19.5 Å². The van der Waals surface area contributed by atoms with E-state index in [-0.39, 0.29) is 24.4 Å². The second-order valence-corrected chi connectivity index (χ2v) is 11.5. The predicted molar refractivity (Wildman–Crippen MR) is 148 cm³/mol. The smallest absolute Gasteiger partial charge is 0.266 e. The van der Waals surface area contributed by atoms with Crippen LogP contribution >= 0.6 is 39.9 Å². The molecule has 2 amide bonds. The Bertz CT molecular complexity index is 1340. The average Bonchev–Trinajstić information content (AvgIpc) is 3.31. The fourth-order valence-electron chi connectivity index (χ4n) is 4.70. The number of thiocarbonyl (C=S) groups is 1. The Hall–Kier alpha value is -2.49. The number of likely N-dealkylation sites (tertiary alicyclic amines) is 1. The molecule has 0 unspecified atom stereocenters. The third-order valence-electron chi connectivity index (χ3n) is 6.53. The Labute approximate surface area is 222 Å². The molecule has 0 spiro atoms. The number of hydrogen-bond donors (Lipinski definition) is 0. The fourth-order valence-corrected chi connectivity index (χ4v) is 6.31. The highest BCUT2D eigenvalue weighted by atomic mass is 79.9. The van der Waals surface area contributed by atoms with E-state index in [1.165, 1.54) is 18.2 Å². The van der Waals surface area contributed by atoms with Gasteiger partial charge in [-0.2, -0.15) is 0 Å². The number of nitrogens with zero attached hydrogens (tertiary/aromatic N) is 4. The lowest BCUT2D eigenvalue weighted by Gasteiger charge is -2.33. The topological polar surface area (TPSA) is 58.4 Å². The lowest BCUT2D eigenvalue weighted by atomic mass is 10.0. The van der Waals surface area contributed by atoms with Crippen molar-refractivity contribution in [1.82, 2.24) is 19.4 Å². The van der Waals surface area contributed by atoms with Gasteiger partial charge < -0.3 is 9.47 Å². The van der Waals surface area contributed by atoms with Gasteiger partial charge in [-0.25, -0.2) is 0 Å². The molecule has 2 aliphatic heterocycles. The zero-order valence-electron chi connectivity index (χ0n) is 19.3. The summed E-state index contributed by atoms with van der Waals surface area (Å²) in [6.07, 6.45) is 10.6. The molecular weight excluding hydrogens is 544 g/mol. The summed E-state index contributed by atoms with van der Waals surface area (Å²) in [6, 6.07) is 10.1. The van der Waals surface area contributed by atoms with Gasteiger partial charge >= 0.3 is 0 Å². The Morgan fingerprint density at radius 1 is 1.31 bits per heavy atom. The molecule has 2 aromatic heterocycles. The molecule has 1 atom stereocenters. The van der Waals surface area contributed by atoms with E-state index in [4.69, 9.17) is 12.2 Å². The number of aromatic nitrogens is 2. The van der Waals surface area contributed by atoms with Crippen LogP contribution < -0.4 is 0 Å². The number of fused-ring (bicyclic) bond motifs is 1. The highest BCUT2D eigenvalue weighted by Crippen LogP contribution is 2.36. The van der Waals surface area contributed by atoms with Crippen molar-refractivity contribution in [1.29, 1.82) is 0 Å². The number of benzene rings is 1. The highest BCUT2D eigenvalue weighted by molar-refractivity contribution is 9.10. The minimum atomic E-state index is -0.113. The number of carbonyl (C=O) groups is 2. The number of hydrogen-bond acceptors (Lipinski definition) is 5. The molecule has 0 N–H and O–H groups in total. The fraction of sp³-hybridized carbons (Fsp3) is 0.308. The zero-order chi connectivity index (χ0) is 24.5. The summed E-state index contributed by atoms with van der Waals surface area (Å²) < 4.78 is 3.47. The molecule has 5 rings (SSSR count). The Morgan fingerprint density at radius 3 is 2.94 bits per heavy atom. The van der Waals surface area contributed by atoms with E-state index >= 15 is 0 Å². The number of thioether (sulfide) groups is 1. The van der Waals surface area contributed by atoms with Gasteiger partial charge in [-0.15, -0.1) is 0 Å². The van der Waals surface area contributed by atoms with Gasteiger partial charge in [0, 0.05) is 52.1 Å². The maximum atomic E-state index is 13.2. The summed E-state index contributed by atoms with van der Waals surface area (Å²) in [4.78, 5) is 34.7. The molecule has 3 aromatic rings. The van der Waals surface area contributed by atoms with Crippen molar-refractivity contribution in [3.05, 3.63) is 69.4 Å². The number of halogens is 1. The zero-order valence-corrected chi connectivity index (χ0v) is 22.5. The molecule has 0 aliphatic carbocycles. The van der Waals surface area contributed by atoms with Gasteiger partial charge in [0.25, 0.3) is 5.91 Å². The van der Waals surface area contributed by atoms with Gasteiger partial charge in [0.2, 0.25) is 5.91 Å². The van der Waals surface area contributed by atoms with Gasteiger partial charge in [0.15, 0.2) is 0 Å².